The number of amides is 2. The predicted octanol–water partition coefficient (Wildman–Crippen LogP) is 3.28. The fourth-order valence-electron chi connectivity index (χ4n) is 3.50. The van der Waals surface area contributed by atoms with E-state index < -0.39 is 28.5 Å². The highest BCUT2D eigenvalue weighted by Crippen LogP contribution is 2.27. The first-order valence-electron chi connectivity index (χ1n) is 10.3. The fraction of sp³-hybridized carbons (Fsp3) is 0.391. The summed E-state index contributed by atoms with van der Waals surface area (Å²) in [6.07, 6.45) is 1.43. The third kappa shape index (κ3) is 6.23. The largest absolute Gasteiger partial charge is 0.357 e. The maximum Gasteiger partial charge on any atom is 0.244 e. The Kier molecular flexibility index (Phi) is 8.69. The number of sulfonamides is 1. The summed E-state index contributed by atoms with van der Waals surface area (Å²) in [4.78, 5) is 27.5. The zero-order chi connectivity index (χ0) is 24.1. The van der Waals surface area contributed by atoms with Crippen LogP contribution in [-0.2, 0) is 26.2 Å². The van der Waals surface area contributed by atoms with Crippen molar-refractivity contribution < 1.29 is 18.0 Å². The number of hydrogen-bond acceptors (Lipinski definition) is 4. The summed E-state index contributed by atoms with van der Waals surface area (Å²) in [6.45, 7) is 5.23. The minimum absolute atomic E-state index is 0.184. The van der Waals surface area contributed by atoms with Gasteiger partial charge in [-0.2, -0.15) is 0 Å². The number of halogens is 1. The van der Waals surface area contributed by atoms with Crippen LogP contribution in [0, 0.1) is 13.8 Å². The molecule has 2 aromatic rings. The summed E-state index contributed by atoms with van der Waals surface area (Å²) in [5, 5.41) is 2.96. The van der Waals surface area contributed by atoms with E-state index in [1.54, 1.807) is 19.1 Å². The van der Waals surface area contributed by atoms with E-state index >= 15 is 0 Å². The molecule has 0 saturated heterocycles. The molecule has 2 aromatic carbocycles. The van der Waals surface area contributed by atoms with Crippen LogP contribution < -0.4 is 9.62 Å². The highest BCUT2D eigenvalue weighted by atomic mass is 35.5. The molecule has 0 spiro atoms. The fourth-order valence-corrected chi connectivity index (χ4v) is 4.57. The maximum atomic E-state index is 13.5. The molecule has 1 N–H and O–H groups in total. The number of anilines is 1. The minimum atomic E-state index is -3.80. The Morgan fingerprint density at radius 2 is 1.75 bits per heavy atom. The van der Waals surface area contributed by atoms with Crippen molar-refractivity contribution in [2.75, 3.05) is 24.2 Å². The van der Waals surface area contributed by atoms with Gasteiger partial charge >= 0.3 is 0 Å². The topological polar surface area (TPSA) is 86.8 Å². The summed E-state index contributed by atoms with van der Waals surface area (Å²) in [7, 11) is -2.28. The minimum Gasteiger partial charge on any atom is -0.357 e. The van der Waals surface area contributed by atoms with Gasteiger partial charge in [-0.05, 0) is 49.1 Å². The van der Waals surface area contributed by atoms with E-state index in [0.29, 0.717) is 22.7 Å². The van der Waals surface area contributed by atoms with Crippen molar-refractivity contribution in [2.24, 2.45) is 0 Å². The number of nitrogens with one attached hydrogen (secondary N) is 1. The van der Waals surface area contributed by atoms with Crippen molar-refractivity contribution in [3.05, 3.63) is 64.2 Å². The molecule has 2 rings (SSSR count). The van der Waals surface area contributed by atoms with Crippen LogP contribution in [0.3, 0.4) is 0 Å². The molecule has 9 heteroatoms. The molecule has 2 amide bonds. The van der Waals surface area contributed by atoms with Crippen LogP contribution in [0.2, 0.25) is 5.02 Å². The first-order chi connectivity index (χ1) is 15.0. The molecule has 32 heavy (non-hydrogen) atoms. The standard InChI is InChI=1S/C23H30ClN3O4S/c1-6-20(23(29)25-4)26(14-18-10-8-7-9-16(18)2)22(28)15-27(32(5,30)31)21-13-19(24)12-11-17(21)3/h7-13,20H,6,14-15H2,1-5H3,(H,25,29). The summed E-state index contributed by atoms with van der Waals surface area (Å²) in [6, 6.07) is 11.7. The monoisotopic (exact) mass is 479 g/mol. The van der Waals surface area contributed by atoms with Crippen molar-refractivity contribution in [1.29, 1.82) is 0 Å². The Morgan fingerprint density at radius 1 is 1.09 bits per heavy atom. The highest BCUT2D eigenvalue weighted by molar-refractivity contribution is 7.92. The number of carbonyl (C=O) groups excluding carboxylic acids is 2. The molecule has 1 unspecified atom stereocenters. The highest BCUT2D eigenvalue weighted by Gasteiger charge is 2.32. The van der Waals surface area contributed by atoms with Crippen molar-refractivity contribution in [2.45, 2.75) is 39.8 Å². The Bertz CT molecular complexity index is 1090. The van der Waals surface area contributed by atoms with Gasteiger partial charge in [-0.3, -0.25) is 13.9 Å². The predicted molar refractivity (Wildman–Crippen MR) is 128 cm³/mol. The number of rotatable bonds is 9. The molecule has 0 radical (unpaired) electrons. The second-order valence-corrected chi connectivity index (χ2v) is 10.0. The van der Waals surface area contributed by atoms with E-state index in [9.17, 15) is 18.0 Å². The number of aryl methyl sites for hydroxylation is 2. The number of carbonyl (C=O) groups is 2. The SMILES string of the molecule is CCC(C(=O)NC)N(Cc1ccccc1C)C(=O)CN(c1cc(Cl)ccc1C)S(C)(=O)=O. The molecule has 0 heterocycles. The maximum absolute atomic E-state index is 13.5. The van der Waals surface area contributed by atoms with Gasteiger partial charge in [-0.15, -0.1) is 0 Å². The lowest BCUT2D eigenvalue weighted by atomic mass is 10.1. The van der Waals surface area contributed by atoms with Gasteiger partial charge in [0.05, 0.1) is 11.9 Å². The number of nitrogens with zero attached hydrogens (tertiary/aromatic N) is 2. The smallest absolute Gasteiger partial charge is 0.244 e. The quantitative estimate of drug-likeness (QED) is 0.598. The Morgan fingerprint density at radius 3 is 2.31 bits per heavy atom. The van der Waals surface area contributed by atoms with E-state index in [2.05, 4.69) is 5.32 Å². The normalized spacial score (nSPS) is 12.2. The van der Waals surface area contributed by atoms with E-state index in [1.165, 1.54) is 18.0 Å². The zero-order valence-corrected chi connectivity index (χ0v) is 20.6. The summed E-state index contributed by atoms with van der Waals surface area (Å²) in [5.41, 5.74) is 2.85. The van der Waals surface area contributed by atoms with Gasteiger partial charge in [0.2, 0.25) is 21.8 Å². The number of likely N-dealkylation sites (N-methyl/N-ethyl adjacent to an activating group) is 1. The van der Waals surface area contributed by atoms with Crippen LogP contribution in [0.1, 0.15) is 30.0 Å². The summed E-state index contributed by atoms with van der Waals surface area (Å²) < 4.78 is 26.3. The first kappa shape index (κ1) is 25.7. The molecule has 7 nitrogen and oxygen atoms in total. The van der Waals surface area contributed by atoms with Gasteiger partial charge in [0.15, 0.2) is 0 Å². The first-order valence-corrected chi connectivity index (χ1v) is 12.5. The average Bonchev–Trinajstić information content (AvgIpc) is 2.73. The number of hydrogen-bond donors (Lipinski definition) is 1. The lowest BCUT2D eigenvalue weighted by Gasteiger charge is -2.33. The van der Waals surface area contributed by atoms with E-state index in [-0.39, 0.29) is 12.5 Å². The van der Waals surface area contributed by atoms with Crippen molar-refractivity contribution in [3.63, 3.8) is 0 Å². The van der Waals surface area contributed by atoms with Crippen LogP contribution in [0.25, 0.3) is 0 Å². The lowest BCUT2D eigenvalue weighted by molar-refractivity contribution is -0.140. The average molecular weight is 480 g/mol. The molecule has 0 saturated carbocycles. The summed E-state index contributed by atoms with van der Waals surface area (Å²) >= 11 is 6.10. The van der Waals surface area contributed by atoms with Crippen LogP contribution in [0.15, 0.2) is 42.5 Å². The van der Waals surface area contributed by atoms with Gasteiger partial charge < -0.3 is 10.2 Å². The molecule has 1 atom stereocenters. The van der Waals surface area contributed by atoms with Crippen molar-refractivity contribution >= 4 is 39.1 Å². The molecule has 0 aliphatic rings. The van der Waals surface area contributed by atoms with Gasteiger partial charge in [0.25, 0.3) is 0 Å². The van der Waals surface area contributed by atoms with E-state index in [1.807, 2.05) is 38.1 Å². The van der Waals surface area contributed by atoms with Gasteiger partial charge in [-0.1, -0.05) is 48.9 Å². The molecule has 0 aliphatic carbocycles. The van der Waals surface area contributed by atoms with E-state index in [4.69, 9.17) is 11.6 Å². The van der Waals surface area contributed by atoms with Crippen molar-refractivity contribution in [3.8, 4) is 0 Å². The zero-order valence-electron chi connectivity index (χ0n) is 19.1. The molecule has 0 fully saturated rings. The number of benzene rings is 2. The van der Waals surface area contributed by atoms with E-state index in [0.717, 1.165) is 21.7 Å². The van der Waals surface area contributed by atoms with Gasteiger partial charge in [-0.25, -0.2) is 8.42 Å². The Labute approximate surface area is 195 Å². The molecule has 0 aromatic heterocycles. The molecular formula is C23H30ClN3O4S. The third-order valence-corrected chi connectivity index (χ3v) is 6.71. The molecule has 0 aliphatic heterocycles. The molecule has 0 bridgehead atoms. The Balaban J connectivity index is 2.49. The third-order valence-electron chi connectivity index (χ3n) is 5.35. The second kappa shape index (κ2) is 10.8. The Hall–Kier alpha value is -2.58. The molecule has 174 valence electrons. The van der Waals surface area contributed by atoms with Crippen LogP contribution in [0.5, 0.6) is 0 Å². The van der Waals surface area contributed by atoms with Crippen LogP contribution in [-0.4, -0.2) is 51.0 Å². The lowest BCUT2D eigenvalue weighted by Crippen LogP contribution is -2.51. The second-order valence-electron chi connectivity index (χ2n) is 7.69. The molecular weight excluding hydrogens is 450 g/mol. The van der Waals surface area contributed by atoms with Gasteiger partial charge in [0, 0.05) is 18.6 Å². The summed E-state index contributed by atoms with van der Waals surface area (Å²) in [5.74, 6) is -0.784. The van der Waals surface area contributed by atoms with Crippen LogP contribution in [0.4, 0.5) is 5.69 Å². The van der Waals surface area contributed by atoms with Gasteiger partial charge in [0.1, 0.15) is 12.6 Å². The van der Waals surface area contributed by atoms with Crippen molar-refractivity contribution in [1.82, 2.24) is 10.2 Å². The van der Waals surface area contributed by atoms with Crippen LogP contribution >= 0.6 is 11.6 Å².